The minimum atomic E-state index is -3.86. The van der Waals surface area contributed by atoms with E-state index in [0.717, 1.165) is 21.7 Å². The zero-order valence-electron chi connectivity index (χ0n) is 22.3. The number of anilines is 1. The van der Waals surface area contributed by atoms with Crippen molar-refractivity contribution in [3.63, 3.8) is 0 Å². The quantitative estimate of drug-likeness (QED) is 0.517. The lowest BCUT2D eigenvalue weighted by Crippen LogP contribution is -2.54. The minimum absolute atomic E-state index is 0.101. The highest BCUT2D eigenvalue weighted by Gasteiger charge is 2.32. The molecule has 2 amide bonds. The lowest BCUT2D eigenvalue weighted by Gasteiger charge is -2.33. The maximum atomic E-state index is 13.7. The summed E-state index contributed by atoms with van der Waals surface area (Å²) < 4.78 is 37.2. The van der Waals surface area contributed by atoms with E-state index in [2.05, 4.69) is 5.32 Å². The third-order valence-electron chi connectivity index (χ3n) is 5.46. The monoisotopic (exact) mass is 519 g/mol. The molecule has 2 aromatic carbocycles. The molecule has 9 nitrogen and oxygen atoms in total. The maximum absolute atomic E-state index is 13.7. The molecular formula is C26H37N3O6S. The van der Waals surface area contributed by atoms with Crippen molar-refractivity contribution >= 4 is 27.5 Å². The Labute approximate surface area is 214 Å². The Balaban J connectivity index is 2.47. The molecule has 0 aliphatic rings. The fourth-order valence-corrected chi connectivity index (χ4v) is 4.42. The lowest BCUT2D eigenvalue weighted by molar-refractivity contribution is -0.140. The van der Waals surface area contributed by atoms with Crippen molar-refractivity contribution in [2.24, 2.45) is 0 Å². The van der Waals surface area contributed by atoms with Crippen molar-refractivity contribution in [3.8, 4) is 11.5 Å². The van der Waals surface area contributed by atoms with Crippen molar-refractivity contribution in [1.82, 2.24) is 10.2 Å². The SMILES string of the molecule is COc1ccc(CN(C(=O)CN(c2cc(C)ccc2OC)S(C)(=O)=O)[C@@H](C)C(=O)NC(C)(C)C)cc1. The molecule has 0 unspecified atom stereocenters. The molecule has 0 spiro atoms. The average molecular weight is 520 g/mol. The largest absolute Gasteiger partial charge is 0.497 e. The Kier molecular flexibility index (Phi) is 9.37. The van der Waals surface area contributed by atoms with Crippen LogP contribution in [0.4, 0.5) is 5.69 Å². The Morgan fingerprint density at radius 2 is 1.64 bits per heavy atom. The Hall–Kier alpha value is -3.27. The highest BCUT2D eigenvalue weighted by molar-refractivity contribution is 7.92. The molecule has 2 aromatic rings. The van der Waals surface area contributed by atoms with Crippen LogP contribution in [-0.2, 0) is 26.2 Å². The summed E-state index contributed by atoms with van der Waals surface area (Å²) in [5, 5.41) is 2.89. The predicted molar refractivity (Wildman–Crippen MR) is 141 cm³/mol. The number of rotatable bonds is 10. The van der Waals surface area contributed by atoms with E-state index >= 15 is 0 Å². The number of methoxy groups -OCH3 is 2. The van der Waals surface area contributed by atoms with Crippen molar-refractivity contribution < 1.29 is 27.5 Å². The van der Waals surface area contributed by atoms with Crippen LogP contribution in [0, 0.1) is 6.92 Å². The second kappa shape index (κ2) is 11.6. The molecule has 0 saturated carbocycles. The van der Waals surface area contributed by atoms with Crippen LogP contribution in [-0.4, -0.2) is 63.7 Å². The molecule has 198 valence electrons. The van der Waals surface area contributed by atoms with Gasteiger partial charge in [0, 0.05) is 12.1 Å². The molecule has 0 radical (unpaired) electrons. The van der Waals surface area contributed by atoms with Gasteiger partial charge in [-0.2, -0.15) is 0 Å². The predicted octanol–water partition coefficient (Wildman–Crippen LogP) is 3.11. The van der Waals surface area contributed by atoms with E-state index < -0.39 is 34.1 Å². The van der Waals surface area contributed by atoms with Gasteiger partial charge in [-0.25, -0.2) is 8.42 Å². The molecule has 2 rings (SSSR count). The highest BCUT2D eigenvalue weighted by Crippen LogP contribution is 2.31. The first-order valence-electron chi connectivity index (χ1n) is 11.5. The van der Waals surface area contributed by atoms with Gasteiger partial charge in [0.25, 0.3) is 0 Å². The molecule has 0 aliphatic carbocycles. The lowest BCUT2D eigenvalue weighted by atomic mass is 10.1. The number of carbonyl (C=O) groups excluding carboxylic acids is 2. The summed E-state index contributed by atoms with van der Waals surface area (Å²) >= 11 is 0. The van der Waals surface area contributed by atoms with Gasteiger partial charge in [-0.1, -0.05) is 18.2 Å². The Bertz CT molecular complexity index is 1170. The third-order valence-corrected chi connectivity index (χ3v) is 6.59. The van der Waals surface area contributed by atoms with Gasteiger partial charge >= 0.3 is 0 Å². The number of sulfonamides is 1. The van der Waals surface area contributed by atoms with Gasteiger partial charge in [-0.05, 0) is 70.0 Å². The van der Waals surface area contributed by atoms with Gasteiger partial charge in [-0.15, -0.1) is 0 Å². The molecule has 0 aromatic heterocycles. The minimum Gasteiger partial charge on any atom is -0.497 e. The number of hydrogen-bond acceptors (Lipinski definition) is 6. The van der Waals surface area contributed by atoms with Crippen molar-refractivity contribution in [1.29, 1.82) is 0 Å². The van der Waals surface area contributed by atoms with Gasteiger partial charge < -0.3 is 19.7 Å². The van der Waals surface area contributed by atoms with E-state index in [1.165, 1.54) is 12.0 Å². The summed E-state index contributed by atoms with van der Waals surface area (Å²) in [4.78, 5) is 28.1. The number of ether oxygens (including phenoxy) is 2. The molecule has 0 fully saturated rings. The molecule has 1 atom stereocenters. The third kappa shape index (κ3) is 7.87. The zero-order chi connectivity index (χ0) is 27.3. The topological polar surface area (TPSA) is 105 Å². The highest BCUT2D eigenvalue weighted by atomic mass is 32.2. The standard InChI is InChI=1S/C26H37N3O6S/c1-18-9-14-23(35-7)22(15-18)29(36(8,32)33)17-24(30)28(19(2)25(31)27-26(3,4)5)16-20-10-12-21(34-6)13-11-20/h9-15,19H,16-17H2,1-8H3,(H,27,31)/t19-/m0/s1. The van der Waals surface area contributed by atoms with E-state index in [1.54, 1.807) is 56.5 Å². The van der Waals surface area contributed by atoms with Crippen molar-refractivity contribution in [2.75, 3.05) is 31.3 Å². The molecule has 0 bridgehead atoms. The fourth-order valence-electron chi connectivity index (χ4n) is 3.57. The first kappa shape index (κ1) is 29.0. The fraction of sp³-hybridized carbons (Fsp3) is 0.462. The molecule has 0 aliphatic heterocycles. The normalized spacial score (nSPS) is 12.4. The summed E-state index contributed by atoms with van der Waals surface area (Å²) in [6.45, 7) is 8.60. The summed E-state index contributed by atoms with van der Waals surface area (Å²) in [5.74, 6) is 0.101. The molecule has 1 N–H and O–H groups in total. The van der Waals surface area contributed by atoms with Crippen LogP contribution in [0.5, 0.6) is 11.5 Å². The number of benzene rings is 2. The number of nitrogens with zero attached hydrogens (tertiary/aromatic N) is 2. The van der Waals surface area contributed by atoms with Crippen LogP contribution in [0.25, 0.3) is 0 Å². The number of amides is 2. The van der Waals surface area contributed by atoms with Gasteiger partial charge in [0.15, 0.2) is 0 Å². The van der Waals surface area contributed by atoms with E-state index in [9.17, 15) is 18.0 Å². The Morgan fingerprint density at radius 1 is 1.03 bits per heavy atom. The summed E-state index contributed by atoms with van der Waals surface area (Å²) in [5.41, 5.74) is 1.32. The van der Waals surface area contributed by atoms with Crippen molar-refractivity contribution in [3.05, 3.63) is 53.6 Å². The van der Waals surface area contributed by atoms with Gasteiger partial charge in [0.2, 0.25) is 21.8 Å². The maximum Gasteiger partial charge on any atom is 0.244 e. The van der Waals surface area contributed by atoms with Crippen LogP contribution >= 0.6 is 0 Å². The van der Waals surface area contributed by atoms with Crippen LogP contribution < -0.4 is 19.1 Å². The summed E-state index contributed by atoms with van der Waals surface area (Å²) in [6.07, 6.45) is 1.03. The number of aryl methyl sites for hydroxylation is 1. The average Bonchev–Trinajstić information content (AvgIpc) is 2.78. The zero-order valence-corrected chi connectivity index (χ0v) is 23.1. The van der Waals surface area contributed by atoms with E-state index in [4.69, 9.17) is 9.47 Å². The van der Waals surface area contributed by atoms with Gasteiger partial charge in [0.05, 0.1) is 26.2 Å². The van der Waals surface area contributed by atoms with Crippen LogP contribution in [0.2, 0.25) is 0 Å². The van der Waals surface area contributed by atoms with Gasteiger partial charge in [0.1, 0.15) is 24.1 Å². The molecule has 36 heavy (non-hydrogen) atoms. The second-order valence-corrected chi connectivity index (χ2v) is 11.6. The first-order chi connectivity index (χ1) is 16.7. The van der Waals surface area contributed by atoms with Crippen LogP contribution in [0.1, 0.15) is 38.8 Å². The smallest absolute Gasteiger partial charge is 0.244 e. The molecule has 0 heterocycles. The summed E-state index contributed by atoms with van der Waals surface area (Å²) in [7, 11) is -0.869. The van der Waals surface area contributed by atoms with Crippen LogP contribution in [0.15, 0.2) is 42.5 Å². The number of carbonyl (C=O) groups is 2. The van der Waals surface area contributed by atoms with E-state index in [1.807, 2.05) is 27.7 Å². The summed E-state index contributed by atoms with van der Waals surface area (Å²) in [6, 6.07) is 11.4. The van der Waals surface area contributed by atoms with E-state index in [0.29, 0.717) is 11.5 Å². The molecule has 0 saturated heterocycles. The van der Waals surface area contributed by atoms with Crippen molar-refractivity contribution in [2.45, 2.75) is 52.7 Å². The van der Waals surface area contributed by atoms with Crippen LogP contribution in [0.3, 0.4) is 0 Å². The first-order valence-corrected chi connectivity index (χ1v) is 13.4. The Morgan fingerprint density at radius 3 is 2.14 bits per heavy atom. The number of nitrogens with one attached hydrogen (secondary N) is 1. The molecular weight excluding hydrogens is 482 g/mol. The number of hydrogen-bond donors (Lipinski definition) is 1. The van der Waals surface area contributed by atoms with E-state index in [-0.39, 0.29) is 18.1 Å². The van der Waals surface area contributed by atoms with Gasteiger partial charge in [-0.3, -0.25) is 13.9 Å². The second-order valence-electron chi connectivity index (χ2n) is 9.73. The molecule has 10 heteroatoms.